The van der Waals surface area contributed by atoms with Crippen molar-refractivity contribution in [2.24, 2.45) is 0 Å². The van der Waals surface area contributed by atoms with E-state index in [9.17, 15) is 4.79 Å². The summed E-state index contributed by atoms with van der Waals surface area (Å²) in [4.78, 5) is 11.7. The van der Waals surface area contributed by atoms with Crippen LogP contribution >= 0.6 is 0 Å². The van der Waals surface area contributed by atoms with Crippen LogP contribution in [0.4, 0.5) is 5.69 Å². The van der Waals surface area contributed by atoms with Gasteiger partial charge in [0, 0.05) is 12.1 Å². The van der Waals surface area contributed by atoms with Crippen LogP contribution in [0.5, 0.6) is 0 Å². The zero-order valence-electron chi connectivity index (χ0n) is 9.63. The molecule has 0 aliphatic heterocycles. The van der Waals surface area contributed by atoms with Gasteiger partial charge >= 0.3 is 0 Å². The van der Waals surface area contributed by atoms with E-state index in [1.54, 1.807) is 12.3 Å². The first-order valence-corrected chi connectivity index (χ1v) is 5.82. The number of nitrogens with one attached hydrogen (secondary N) is 1. The van der Waals surface area contributed by atoms with Gasteiger partial charge in [-0.05, 0) is 12.8 Å². The molecule has 6 nitrogen and oxygen atoms in total. The average Bonchev–Trinajstić information content (AvgIpc) is 3.11. The summed E-state index contributed by atoms with van der Waals surface area (Å²) in [5, 5.41) is 15.8. The van der Waals surface area contributed by atoms with Gasteiger partial charge in [0.05, 0.1) is 38.2 Å². The third-order valence-electron chi connectivity index (χ3n) is 2.50. The normalized spacial score (nSPS) is 14.9. The molecular formula is C11H17N3O3. The first kappa shape index (κ1) is 12.1. The third kappa shape index (κ3) is 3.83. The van der Waals surface area contributed by atoms with Crippen LogP contribution in [0.1, 0.15) is 12.8 Å². The molecule has 0 saturated heterocycles. The van der Waals surface area contributed by atoms with Gasteiger partial charge in [-0.1, -0.05) is 0 Å². The van der Waals surface area contributed by atoms with E-state index in [2.05, 4.69) is 10.4 Å². The topological polar surface area (TPSA) is 76.4 Å². The summed E-state index contributed by atoms with van der Waals surface area (Å²) < 4.78 is 6.44. The molecular weight excluding hydrogens is 222 g/mol. The molecule has 0 spiro atoms. The second kappa shape index (κ2) is 5.79. The molecule has 1 saturated carbocycles. The minimum Gasteiger partial charge on any atom is -0.394 e. The summed E-state index contributed by atoms with van der Waals surface area (Å²) >= 11 is 0. The molecule has 0 bridgehead atoms. The Labute approximate surface area is 99.2 Å². The zero-order valence-corrected chi connectivity index (χ0v) is 9.63. The minimum atomic E-state index is -0.136. The maximum atomic E-state index is 11.7. The van der Waals surface area contributed by atoms with Gasteiger partial charge in [-0.15, -0.1) is 0 Å². The van der Waals surface area contributed by atoms with Crippen molar-refractivity contribution < 1.29 is 9.84 Å². The van der Waals surface area contributed by atoms with Gasteiger partial charge in [-0.2, -0.15) is 5.10 Å². The fraction of sp³-hybridized carbons (Fsp3) is 0.636. The molecule has 6 heteroatoms. The highest BCUT2D eigenvalue weighted by molar-refractivity contribution is 5.41. The van der Waals surface area contributed by atoms with Crippen molar-refractivity contribution in [3.05, 3.63) is 22.6 Å². The van der Waals surface area contributed by atoms with Gasteiger partial charge in [0.1, 0.15) is 0 Å². The van der Waals surface area contributed by atoms with Crippen LogP contribution in [0.25, 0.3) is 0 Å². The Bertz CT molecular complexity index is 415. The lowest BCUT2D eigenvalue weighted by Crippen LogP contribution is -2.25. The molecule has 1 aromatic heterocycles. The predicted molar refractivity (Wildman–Crippen MR) is 63.0 cm³/mol. The number of aliphatic hydroxyl groups excluding tert-OH is 1. The molecule has 1 aliphatic rings. The van der Waals surface area contributed by atoms with E-state index in [1.807, 2.05) is 0 Å². The molecule has 0 atom stereocenters. The van der Waals surface area contributed by atoms with E-state index in [1.165, 1.54) is 4.68 Å². The van der Waals surface area contributed by atoms with E-state index in [4.69, 9.17) is 9.84 Å². The lowest BCUT2D eigenvalue weighted by Gasteiger charge is -2.07. The summed E-state index contributed by atoms with van der Waals surface area (Å²) in [7, 11) is 0. The molecule has 2 rings (SSSR count). The number of hydrogen-bond donors (Lipinski definition) is 2. The Morgan fingerprint density at radius 3 is 3.00 bits per heavy atom. The first-order chi connectivity index (χ1) is 8.29. The van der Waals surface area contributed by atoms with Crippen molar-refractivity contribution in [2.75, 3.05) is 25.1 Å². The highest BCUT2D eigenvalue weighted by Crippen LogP contribution is 2.23. The number of aromatic nitrogens is 2. The van der Waals surface area contributed by atoms with Crippen molar-refractivity contribution in [1.82, 2.24) is 9.78 Å². The van der Waals surface area contributed by atoms with E-state index in [0.717, 1.165) is 18.5 Å². The van der Waals surface area contributed by atoms with Gasteiger partial charge < -0.3 is 15.2 Å². The van der Waals surface area contributed by atoms with Crippen molar-refractivity contribution in [1.29, 1.82) is 0 Å². The smallest absolute Gasteiger partial charge is 0.268 e. The Balaban J connectivity index is 1.87. The molecule has 0 unspecified atom stereocenters. The number of aliphatic hydroxyl groups is 1. The summed E-state index contributed by atoms with van der Waals surface area (Å²) in [6, 6.07) is 2.07. The maximum Gasteiger partial charge on any atom is 0.268 e. The number of rotatable bonds is 7. The fourth-order valence-corrected chi connectivity index (χ4v) is 1.46. The molecule has 1 fully saturated rings. The van der Waals surface area contributed by atoms with Gasteiger partial charge in [0.25, 0.3) is 5.56 Å². The molecule has 0 amide bonds. The van der Waals surface area contributed by atoms with Crippen LogP contribution in [0.15, 0.2) is 17.1 Å². The van der Waals surface area contributed by atoms with E-state index in [-0.39, 0.29) is 18.8 Å². The second-order valence-corrected chi connectivity index (χ2v) is 4.06. The van der Waals surface area contributed by atoms with Gasteiger partial charge in [-0.3, -0.25) is 4.79 Å². The molecule has 1 heterocycles. The number of anilines is 1. The first-order valence-electron chi connectivity index (χ1n) is 5.82. The van der Waals surface area contributed by atoms with Gasteiger partial charge in [-0.25, -0.2) is 4.68 Å². The van der Waals surface area contributed by atoms with E-state index < -0.39 is 0 Å². The SMILES string of the molecule is O=c1cc(NC2CC2)cnn1CCOCCO. The molecule has 1 aromatic rings. The third-order valence-corrected chi connectivity index (χ3v) is 2.50. The van der Waals surface area contributed by atoms with Crippen LogP contribution in [0.2, 0.25) is 0 Å². The molecule has 1 aliphatic carbocycles. The number of ether oxygens (including phenoxy) is 1. The molecule has 94 valence electrons. The highest BCUT2D eigenvalue weighted by atomic mass is 16.5. The largest absolute Gasteiger partial charge is 0.394 e. The molecule has 2 N–H and O–H groups in total. The molecule has 17 heavy (non-hydrogen) atoms. The predicted octanol–water partition coefficient (Wildman–Crippen LogP) is -0.173. The van der Waals surface area contributed by atoms with Crippen LogP contribution in [0.3, 0.4) is 0 Å². The van der Waals surface area contributed by atoms with Gasteiger partial charge in [0.2, 0.25) is 0 Å². The van der Waals surface area contributed by atoms with Crippen molar-refractivity contribution in [3.63, 3.8) is 0 Å². The molecule has 0 aromatic carbocycles. The summed E-state index contributed by atoms with van der Waals surface area (Å²) in [6.45, 7) is 1.06. The fourth-order valence-electron chi connectivity index (χ4n) is 1.46. The molecule has 0 radical (unpaired) electrons. The van der Waals surface area contributed by atoms with Crippen LogP contribution < -0.4 is 10.9 Å². The average molecular weight is 239 g/mol. The number of nitrogens with zero attached hydrogens (tertiary/aromatic N) is 2. The lowest BCUT2D eigenvalue weighted by molar-refractivity contribution is 0.0847. The Hall–Kier alpha value is -1.40. The highest BCUT2D eigenvalue weighted by Gasteiger charge is 2.20. The Morgan fingerprint density at radius 1 is 1.53 bits per heavy atom. The monoisotopic (exact) mass is 239 g/mol. The van der Waals surface area contributed by atoms with Crippen LogP contribution in [0, 0.1) is 0 Å². The standard InChI is InChI=1S/C11H17N3O3/c15-4-6-17-5-3-14-11(16)7-10(8-12-14)13-9-1-2-9/h7-9,13,15H,1-6H2. The second-order valence-electron chi connectivity index (χ2n) is 4.06. The summed E-state index contributed by atoms with van der Waals surface area (Å²) in [5.74, 6) is 0. The lowest BCUT2D eigenvalue weighted by atomic mass is 10.4. The Kier molecular flexibility index (Phi) is 4.11. The van der Waals surface area contributed by atoms with E-state index >= 15 is 0 Å². The quantitative estimate of drug-likeness (QED) is 0.646. The van der Waals surface area contributed by atoms with E-state index in [0.29, 0.717) is 19.2 Å². The van der Waals surface area contributed by atoms with Gasteiger partial charge in [0.15, 0.2) is 0 Å². The summed E-state index contributed by atoms with van der Waals surface area (Å²) in [6.07, 6.45) is 3.99. The maximum absolute atomic E-state index is 11.7. The number of hydrogen-bond acceptors (Lipinski definition) is 5. The van der Waals surface area contributed by atoms with Crippen molar-refractivity contribution in [3.8, 4) is 0 Å². The summed E-state index contributed by atoms with van der Waals surface area (Å²) in [5.41, 5.74) is 0.647. The Morgan fingerprint density at radius 2 is 2.35 bits per heavy atom. The minimum absolute atomic E-state index is 0.00737. The van der Waals surface area contributed by atoms with Crippen molar-refractivity contribution in [2.45, 2.75) is 25.4 Å². The van der Waals surface area contributed by atoms with Crippen LogP contribution in [-0.2, 0) is 11.3 Å². The zero-order chi connectivity index (χ0) is 12.1. The van der Waals surface area contributed by atoms with Crippen molar-refractivity contribution >= 4 is 5.69 Å². The van der Waals surface area contributed by atoms with Crippen LogP contribution in [-0.4, -0.2) is 40.7 Å².